The molecule has 0 aliphatic carbocycles. The summed E-state index contributed by atoms with van der Waals surface area (Å²) in [5.74, 6) is -0.545. The van der Waals surface area contributed by atoms with Crippen LogP contribution < -0.4 is 35.1 Å². The van der Waals surface area contributed by atoms with Gasteiger partial charge in [-0.1, -0.05) is 48.2 Å². The fourth-order valence-electron chi connectivity index (χ4n) is 4.45. The van der Waals surface area contributed by atoms with Crippen LogP contribution in [0.1, 0.15) is 11.4 Å². The molecule has 0 aliphatic rings. The Morgan fingerprint density at radius 1 is 0.635 bits per heavy atom. The van der Waals surface area contributed by atoms with Gasteiger partial charge in [-0.05, 0) is 38.1 Å². The third-order valence-electron chi connectivity index (χ3n) is 6.97. The average molecular weight is 738 g/mol. The minimum Gasteiger partial charge on any atom is -0.871 e. The minimum absolute atomic E-state index is 0. The van der Waals surface area contributed by atoms with Crippen LogP contribution in [0.5, 0.6) is 11.5 Å². The molecular formula is C32H26CrLiN10O8+. The van der Waals surface area contributed by atoms with E-state index in [9.17, 15) is 34.9 Å². The number of rotatable bonds is 8. The number of nitrogens with zero attached hydrogens (tertiary/aromatic N) is 8. The molecule has 0 atom stereocenters. The SMILES string of the molecule is Cc1[nH]n(-c2ccccc2)c(=O)c1N=Nc1cc([N+](=O)[O-])ccc1[O-].Cc1[nH]n(-c2ccccc2)c(=O)c1N=Nc1cc([N+](=O)[O-])ccc1[OH2+].[Cr].[Li+]. The van der Waals surface area contributed by atoms with Crippen molar-refractivity contribution in [3.8, 4) is 22.9 Å². The third kappa shape index (κ3) is 9.04. The normalized spacial score (nSPS) is 10.7. The second-order valence-corrected chi connectivity index (χ2v) is 10.4. The first kappa shape index (κ1) is 40.1. The maximum absolute atomic E-state index is 12.5. The molecule has 4 N–H and O–H groups in total. The third-order valence-corrected chi connectivity index (χ3v) is 6.97. The molecule has 18 nitrogen and oxygen atoms in total. The van der Waals surface area contributed by atoms with E-state index in [4.69, 9.17) is 5.11 Å². The molecule has 0 saturated heterocycles. The Morgan fingerprint density at radius 3 is 1.48 bits per heavy atom. The summed E-state index contributed by atoms with van der Waals surface area (Å²) in [6.45, 7) is 3.31. The van der Waals surface area contributed by atoms with Crippen LogP contribution >= 0.6 is 0 Å². The monoisotopic (exact) mass is 737 g/mol. The number of azo groups is 2. The maximum atomic E-state index is 12.5. The van der Waals surface area contributed by atoms with Crippen LogP contribution in [0.25, 0.3) is 11.4 Å². The van der Waals surface area contributed by atoms with E-state index in [2.05, 4.69) is 30.7 Å². The number of benzene rings is 4. The van der Waals surface area contributed by atoms with Gasteiger partial charge in [0.25, 0.3) is 28.2 Å². The summed E-state index contributed by atoms with van der Waals surface area (Å²) in [6, 6.07) is 24.6. The summed E-state index contributed by atoms with van der Waals surface area (Å²) >= 11 is 0. The van der Waals surface area contributed by atoms with Crippen LogP contribution in [0.3, 0.4) is 0 Å². The number of aromatic nitrogens is 4. The van der Waals surface area contributed by atoms with Crippen molar-refractivity contribution in [3.63, 3.8) is 0 Å². The van der Waals surface area contributed by atoms with E-state index in [0.29, 0.717) is 22.8 Å². The van der Waals surface area contributed by atoms with Gasteiger partial charge in [0.2, 0.25) is 0 Å². The second-order valence-electron chi connectivity index (χ2n) is 10.4. The molecular weight excluding hydrogens is 711 g/mol. The first-order valence-electron chi connectivity index (χ1n) is 14.5. The van der Waals surface area contributed by atoms with Gasteiger partial charge in [-0.3, -0.25) is 40.0 Å². The Kier molecular flexibility index (Phi) is 13.5. The van der Waals surface area contributed by atoms with Crippen LogP contribution in [0.2, 0.25) is 0 Å². The van der Waals surface area contributed by atoms with E-state index in [1.54, 1.807) is 62.4 Å². The number of nitrogens with one attached hydrogen (secondary N) is 2. The number of hydrogen-bond donors (Lipinski definition) is 2. The van der Waals surface area contributed by atoms with E-state index in [1.807, 2.05) is 12.1 Å². The molecule has 0 bridgehead atoms. The molecule has 4 aromatic carbocycles. The van der Waals surface area contributed by atoms with Crippen molar-refractivity contribution in [3.05, 3.63) is 149 Å². The quantitative estimate of drug-likeness (QED) is 0.0775. The number of aromatic amines is 2. The molecule has 2 heterocycles. The van der Waals surface area contributed by atoms with E-state index in [0.717, 1.165) is 24.3 Å². The Bertz CT molecular complexity index is 2220. The number of aryl methyl sites for hydroxylation is 2. The molecule has 0 unspecified atom stereocenters. The molecule has 0 spiro atoms. The van der Waals surface area contributed by atoms with Gasteiger partial charge in [-0.15, -0.1) is 15.3 Å². The largest absolute Gasteiger partial charge is 1.00 e. The molecule has 6 rings (SSSR count). The number of hydrogen-bond acceptors (Lipinski definition) is 11. The van der Waals surface area contributed by atoms with Crippen LogP contribution in [0.15, 0.2) is 127 Å². The molecule has 0 fully saturated rings. The van der Waals surface area contributed by atoms with Gasteiger partial charge in [-0.2, -0.15) is 5.11 Å². The van der Waals surface area contributed by atoms with Crippen molar-refractivity contribution in [1.82, 2.24) is 19.6 Å². The van der Waals surface area contributed by atoms with Crippen molar-refractivity contribution in [2.75, 3.05) is 0 Å². The van der Waals surface area contributed by atoms with Gasteiger partial charge >= 0.3 is 18.9 Å². The van der Waals surface area contributed by atoms with E-state index < -0.39 is 26.7 Å². The van der Waals surface area contributed by atoms with Gasteiger partial charge in [0.05, 0.1) is 44.4 Å². The predicted molar refractivity (Wildman–Crippen MR) is 179 cm³/mol. The fraction of sp³-hybridized carbons (Fsp3) is 0.0625. The van der Waals surface area contributed by atoms with Gasteiger partial charge in [0.1, 0.15) is 0 Å². The van der Waals surface area contributed by atoms with Gasteiger partial charge in [0, 0.05) is 41.6 Å². The Morgan fingerprint density at radius 2 is 1.04 bits per heavy atom. The van der Waals surface area contributed by atoms with Crippen molar-refractivity contribution in [2.45, 2.75) is 13.8 Å². The number of para-hydroxylation sites is 2. The Labute approximate surface area is 315 Å². The van der Waals surface area contributed by atoms with E-state index >= 15 is 0 Å². The zero-order valence-corrected chi connectivity index (χ0v) is 28.9. The van der Waals surface area contributed by atoms with E-state index in [-0.39, 0.29) is 76.1 Å². The second kappa shape index (κ2) is 17.5. The number of nitro groups is 2. The number of non-ortho nitro benzene ring substituents is 2. The summed E-state index contributed by atoms with van der Waals surface area (Å²) in [7, 11) is 0. The minimum atomic E-state index is -0.637. The first-order valence-corrected chi connectivity index (χ1v) is 14.5. The standard InChI is InChI=1S/2C16H13N5O4.Cr.Li/c2*1-10-15(16(23)20(19-10)11-5-3-2-4-6-11)18-17-13-9-12(21(24)25)7-8-14(13)22;;/h2*2-9,19,22H,1H3;;/q;;;+1. The molecule has 20 heteroatoms. The molecule has 258 valence electrons. The van der Waals surface area contributed by atoms with Crippen molar-refractivity contribution in [2.24, 2.45) is 20.5 Å². The maximum Gasteiger partial charge on any atom is 1.00 e. The molecule has 0 radical (unpaired) electrons. The summed E-state index contributed by atoms with van der Waals surface area (Å²) < 4.78 is 2.63. The molecule has 2 aromatic heterocycles. The molecule has 6 aromatic rings. The smallest absolute Gasteiger partial charge is 0.871 e. The first-order chi connectivity index (χ1) is 23.9. The van der Waals surface area contributed by atoms with Crippen LogP contribution in [-0.2, 0) is 17.4 Å². The van der Waals surface area contributed by atoms with Crippen molar-refractivity contribution in [1.29, 1.82) is 0 Å². The molecule has 52 heavy (non-hydrogen) atoms. The average Bonchev–Trinajstić information content (AvgIpc) is 3.56. The molecule has 0 saturated carbocycles. The zero-order chi connectivity index (χ0) is 35.9. The van der Waals surface area contributed by atoms with Gasteiger partial charge in [0.15, 0.2) is 17.1 Å². The number of nitro benzene ring substituents is 2. The van der Waals surface area contributed by atoms with Crippen LogP contribution in [-0.4, -0.2) is 34.5 Å². The van der Waals surface area contributed by atoms with Crippen molar-refractivity contribution >= 4 is 34.1 Å². The topological polar surface area (TPSA) is 257 Å². The van der Waals surface area contributed by atoms with Crippen LogP contribution in [0.4, 0.5) is 34.1 Å². The predicted octanol–water partition coefficient (Wildman–Crippen LogP) is 3.11. The van der Waals surface area contributed by atoms with Gasteiger partial charge < -0.3 is 10.2 Å². The van der Waals surface area contributed by atoms with E-state index in [1.165, 1.54) is 21.5 Å². The molecule has 0 aliphatic heterocycles. The Hall–Kier alpha value is -6.37. The molecule has 0 amide bonds. The number of H-pyrrole nitrogens is 2. The van der Waals surface area contributed by atoms with Crippen LogP contribution in [0, 0.1) is 34.1 Å². The van der Waals surface area contributed by atoms with Crippen molar-refractivity contribution < 1.29 is 56.3 Å². The summed E-state index contributed by atoms with van der Waals surface area (Å²) in [6.07, 6.45) is 0. The van der Waals surface area contributed by atoms with Gasteiger partial charge in [-0.25, -0.2) is 9.36 Å². The summed E-state index contributed by atoms with van der Waals surface area (Å²) in [4.78, 5) is 45.3. The summed E-state index contributed by atoms with van der Waals surface area (Å²) in [5.41, 5.74) is 0.814. The summed E-state index contributed by atoms with van der Waals surface area (Å²) in [5, 5.41) is 62.2. The Balaban J connectivity index is 0.000000270. The zero-order valence-electron chi connectivity index (χ0n) is 27.6. The fourth-order valence-corrected chi connectivity index (χ4v) is 4.45.